The van der Waals surface area contributed by atoms with Gasteiger partial charge in [-0.05, 0) is 42.8 Å². The highest BCUT2D eigenvalue weighted by molar-refractivity contribution is 7.05. The molecule has 1 aliphatic rings. The fraction of sp³-hybridized carbons (Fsp3) is 0.700. The lowest BCUT2D eigenvalue weighted by molar-refractivity contribution is 0.443. The average Bonchev–Trinajstić information content (AvgIpc) is 2.53. The summed E-state index contributed by atoms with van der Waals surface area (Å²) >= 11 is 1.65. The lowest BCUT2D eigenvalue weighted by Crippen LogP contribution is -2.04. The van der Waals surface area contributed by atoms with Gasteiger partial charge in [0.05, 0.1) is 0 Å². The number of rotatable bonds is 1. The van der Waals surface area contributed by atoms with Crippen LogP contribution in [0, 0.1) is 6.92 Å². The number of nitrogens with zero attached hydrogens (tertiary/aromatic N) is 1. The molecule has 0 radical (unpaired) electrons. The van der Waals surface area contributed by atoms with E-state index in [1.165, 1.54) is 42.5 Å². The van der Waals surface area contributed by atoms with Gasteiger partial charge in [-0.3, -0.25) is 0 Å². The van der Waals surface area contributed by atoms with Crippen LogP contribution in [0.1, 0.15) is 48.5 Å². The first kappa shape index (κ1) is 8.24. The standard InChI is InChI=1S/C10H15NS/c1-8-10(7-11-12-8)9-5-3-2-4-6-9/h7,9H,2-6H2,1H3. The topological polar surface area (TPSA) is 12.9 Å². The molecule has 1 aromatic rings. The minimum absolute atomic E-state index is 0.831. The molecule has 0 N–H and O–H groups in total. The van der Waals surface area contributed by atoms with Crippen molar-refractivity contribution in [2.75, 3.05) is 0 Å². The molecule has 1 heterocycles. The van der Waals surface area contributed by atoms with Crippen molar-refractivity contribution in [3.63, 3.8) is 0 Å². The van der Waals surface area contributed by atoms with E-state index in [1.54, 1.807) is 11.5 Å². The summed E-state index contributed by atoms with van der Waals surface area (Å²) in [6, 6.07) is 0. The summed E-state index contributed by atoms with van der Waals surface area (Å²) in [4.78, 5) is 1.43. The third-order valence-electron chi connectivity index (χ3n) is 2.83. The molecule has 0 unspecified atom stereocenters. The summed E-state index contributed by atoms with van der Waals surface area (Å²) < 4.78 is 4.24. The van der Waals surface area contributed by atoms with Crippen LogP contribution in [0.5, 0.6) is 0 Å². The van der Waals surface area contributed by atoms with Gasteiger partial charge in [0.15, 0.2) is 0 Å². The maximum atomic E-state index is 4.24. The van der Waals surface area contributed by atoms with Crippen LogP contribution < -0.4 is 0 Å². The Kier molecular flexibility index (Phi) is 2.45. The van der Waals surface area contributed by atoms with Crippen molar-refractivity contribution in [3.8, 4) is 0 Å². The molecule has 66 valence electrons. The highest BCUT2D eigenvalue weighted by Gasteiger charge is 2.17. The van der Waals surface area contributed by atoms with Crippen molar-refractivity contribution in [2.24, 2.45) is 0 Å². The van der Waals surface area contributed by atoms with Gasteiger partial charge in [-0.25, -0.2) is 4.37 Å². The summed E-state index contributed by atoms with van der Waals surface area (Å²) in [6.45, 7) is 2.20. The van der Waals surface area contributed by atoms with Crippen LogP contribution in [-0.4, -0.2) is 4.37 Å². The molecule has 2 rings (SSSR count). The smallest absolute Gasteiger partial charge is 0.0444 e. The second-order valence-electron chi connectivity index (χ2n) is 3.67. The van der Waals surface area contributed by atoms with Crippen molar-refractivity contribution in [3.05, 3.63) is 16.6 Å². The molecule has 0 aromatic carbocycles. The normalized spacial score (nSPS) is 19.8. The van der Waals surface area contributed by atoms with E-state index in [2.05, 4.69) is 17.5 Å². The highest BCUT2D eigenvalue weighted by atomic mass is 32.1. The Labute approximate surface area is 78.0 Å². The predicted octanol–water partition coefficient (Wildman–Crippen LogP) is 3.50. The van der Waals surface area contributed by atoms with E-state index in [1.807, 2.05) is 0 Å². The SMILES string of the molecule is Cc1sncc1C1CCCCC1. The maximum absolute atomic E-state index is 4.24. The van der Waals surface area contributed by atoms with E-state index in [-0.39, 0.29) is 0 Å². The monoisotopic (exact) mass is 181 g/mol. The zero-order valence-electron chi connectivity index (χ0n) is 7.55. The summed E-state index contributed by atoms with van der Waals surface area (Å²) in [5.41, 5.74) is 1.53. The van der Waals surface area contributed by atoms with E-state index in [0.29, 0.717) is 0 Å². The quantitative estimate of drug-likeness (QED) is 0.646. The minimum atomic E-state index is 0.831. The molecule has 0 atom stereocenters. The van der Waals surface area contributed by atoms with Gasteiger partial charge in [0.2, 0.25) is 0 Å². The van der Waals surface area contributed by atoms with Gasteiger partial charge in [0, 0.05) is 11.1 Å². The summed E-state index contributed by atoms with van der Waals surface area (Å²) in [5, 5.41) is 0. The van der Waals surface area contributed by atoms with E-state index < -0.39 is 0 Å². The van der Waals surface area contributed by atoms with Gasteiger partial charge >= 0.3 is 0 Å². The van der Waals surface area contributed by atoms with Crippen LogP contribution in [-0.2, 0) is 0 Å². The van der Waals surface area contributed by atoms with Crippen molar-refractivity contribution in [2.45, 2.75) is 44.9 Å². The van der Waals surface area contributed by atoms with Crippen LogP contribution in [0.3, 0.4) is 0 Å². The summed E-state index contributed by atoms with van der Waals surface area (Å²) in [7, 11) is 0. The van der Waals surface area contributed by atoms with Crippen molar-refractivity contribution in [1.29, 1.82) is 0 Å². The Morgan fingerprint density at radius 2 is 2.08 bits per heavy atom. The Bertz CT molecular complexity index is 248. The zero-order chi connectivity index (χ0) is 8.39. The van der Waals surface area contributed by atoms with Gasteiger partial charge in [-0.1, -0.05) is 19.3 Å². The van der Waals surface area contributed by atoms with Crippen LogP contribution in [0.2, 0.25) is 0 Å². The molecule has 1 nitrogen and oxygen atoms in total. The van der Waals surface area contributed by atoms with Crippen LogP contribution in [0.15, 0.2) is 6.20 Å². The molecular formula is C10H15NS. The lowest BCUT2D eigenvalue weighted by atomic mass is 9.85. The van der Waals surface area contributed by atoms with Gasteiger partial charge < -0.3 is 0 Å². The number of aromatic nitrogens is 1. The van der Waals surface area contributed by atoms with Gasteiger partial charge in [-0.15, -0.1) is 0 Å². The second kappa shape index (κ2) is 3.56. The molecule has 0 spiro atoms. The average molecular weight is 181 g/mol. The number of hydrogen-bond donors (Lipinski definition) is 0. The molecule has 1 aromatic heterocycles. The first-order chi connectivity index (χ1) is 5.88. The largest absolute Gasteiger partial charge is 0.201 e. The summed E-state index contributed by atoms with van der Waals surface area (Å²) in [6.07, 6.45) is 9.13. The maximum Gasteiger partial charge on any atom is 0.0444 e. The fourth-order valence-electron chi connectivity index (χ4n) is 2.11. The fourth-order valence-corrected chi connectivity index (χ4v) is 2.76. The van der Waals surface area contributed by atoms with Gasteiger partial charge in [0.1, 0.15) is 0 Å². The highest BCUT2D eigenvalue weighted by Crippen LogP contribution is 2.34. The minimum Gasteiger partial charge on any atom is -0.201 e. The Morgan fingerprint density at radius 1 is 1.33 bits per heavy atom. The molecule has 0 bridgehead atoms. The molecule has 2 heteroatoms. The van der Waals surface area contributed by atoms with Crippen molar-refractivity contribution >= 4 is 11.5 Å². The third-order valence-corrected chi connectivity index (χ3v) is 3.55. The van der Waals surface area contributed by atoms with Crippen LogP contribution in [0.25, 0.3) is 0 Å². The van der Waals surface area contributed by atoms with E-state index in [0.717, 1.165) is 5.92 Å². The predicted molar refractivity (Wildman–Crippen MR) is 52.7 cm³/mol. The Balaban J connectivity index is 2.13. The lowest BCUT2D eigenvalue weighted by Gasteiger charge is -2.20. The number of aryl methyl sites for hydroxylation is 1. The number of hydrogen-bond acceptors (Lipinski definition) is 2. The second-order valence-corrected chi connectivity index (χ2v) is 4.68. The molecule has 12 heavy (non-hydrogen) atoms. The molecule has 1 aliphatic carbocycles. The molecule has 1 saturated carbocycles. The molecule has 1 fully saturated rings. The van der Waals surface area contributed by atoms with Gasteiger partial charge in [0.25, 0.3) is 0 Å². The first-order valence-electron chi connectivity index (χ1n) is 4.79. The molecule has 0 aliphatic heterocycles. The molecule has 0 amide bonds. The third kappa shape index (κ3) is 1.53. The molecule has 0 saturated heterocycles. The van der Waals surface area contributed by atoms with Crippen molar-refractivity contribution < 1.29 is 0 Å². The van der Waals surface area contributed by atoms with Gasteiger partial charge in [-0.2, -0.15) is 0 Å². The first-order valence-corrected chi connectivity index (χ1v) is 5.56. The Hall–Kier alpha value is -0.370. The van der Waals surface area contributed by atoms with Crippen LogP contribution >= 0.6 is 11.5 Å². The zero-order valence-corrected chi connectivity index (χ0v) is 8.36. The molecular weight excluding hydrogens is 166 g/mol. The van der Waals surface area contributed by atoms with E-state index in [9.17, 15) is 0 Å². The van der Waals surface area contributed by atoms with Crippen LogP contribution in [0.4, 0.5) is 0 Å². The van der Waals surface area contributed by atoms with Crippen molar-refractivity contribution in [1.82, 2.24) is 4.37 Å². The van der Waals surface area contributed by atoms with E-state index >= 15 is 0 Å². The Morgan fingerprint density at radius 3 is 2.67 bits per heavy atom. The summed E-state index contributed by atoms with van der Waals surface area (Å²) in [5.74, 6) is 0.831. The van der Waals surface area contributed by atoms with E-state index in [4.69, 9.17) is 0 Å².